The summed E-state index contributed by atoms with van der Waals surface area (Å²) >= 11 is 0. The van der Waals surface area contributed by atoms with Crippen molar-refractivity contribution in [3.8, 4) is 0 Å². The van der Waals surface area contributed by atoms with Crippen molar-refractivity contribution in [3.05, 3.63) is 55.0 Å². The van der Waals surface area contributed by atoms with Gasteiger partial charge < -0.3 is 0 Å². The number of aromatic nitrogens is 3. The molecule has 0 saturated carbocycles. The first kappa shape index (κ1) is 9.09. The zero-order chi connectivity index (χ0) is 11.0. The minimum Gasteiger partial charge on any atom is -0.297 e. The molecule has 0 fully saturated rings. The van der Waals surface area contributed by atoms with Crippen LogP contribution in [0.4, 0.5) is 0 Å². The lowest BCUT2D eigenvalue weighted by Gasteiger charge is -2.05. The molecule has 16 heavy (non-hydrogen) atoms. The van der Waals surface area contributed by atoms with Crippen molar-refractivity contribution in [1.29, 1.82) is 0 Å². The van der Waals surface area contributed by atoms with Gasteiger partial charge in [0.05, 0.1) is 16.7 Å². The molecule has 0 amide bonds. The number of hydrogen-bond acceptors (Lipinski definition) is 2. The first-order chi connectivity index (χ1) is 7.90. The molecule has 3 heteroatoms. The molecular formula is C13H11N3. The van der Waals surface area contributed by atoms with Gasteiger partial charge in [0.2, 0.25) is 0 Å². The van der Waals surface area contributed by atoms with Crippen LogP contribution in [0.3, 0.4) is 0 Å². The van der Waals surface area contributed by atoms with Crippen molar-refractivity contribution < 1.29 is 0 Å². The molecule has 3 nitrogen and oxygen atoms in total. The van der Waals surface area contributed by atoms with E-state index in [2.05, 4.69) is 27.0 Å². The van der Waals surface area contributed by atoms with Gasteiger partial charge in [0, 0.05) is 18.8 Å². The third-order valence-corrected chi connectivity index (χ3v) is 2.63. The average molecular weight is 209 g/mol. The van der Waals surface area contributed by atoms with E-state index in [1.807, 2.05) is 30.5 Å². The first-order valence-corrected chi connectivity index (χ1v) is 5.22. The van der Waals surface area contributed by atoms with Crippen molar-refractivity contribution in [1.82, 2.24) is 14.4 Å². The Morgan fingerprint density at radius 3 is 3.06 bits per heavy atom. The fraction of sp³-hybridized carbons (Fsp3) is 0.0769. The minimum atomic E-state index is 0.741. The summed E-state index contributed by atoms with van der Waals surface area (Å²) in [4.78, 5) is 8.95. The number of imidazole rings is 1. The summed E-state index contributed by atoms with van der Waals surface area (Å²) in [5.74, 6) is 0. The van der Waals surface area contributed by atoms with Crippen LogP contribution in [0.1, 0.15) is 5.69 Å². The molecule has 1 aromatic carbocycles. The maximum atomic E-state index is 4.61. The third kappa shape index (κ3) is 1.21. The fourth-order valence-corrected chi connectivity index (χ4v) is 1.94. The molecule has 2 heterocycles. The Morgan fingerprint density at radius 2 is 2.19 bits per heavy atom. The van der Waals surface area contributed by atoms with Crippen molar-refractivity contribution in [2.45, 2.75) is 6.42 Å². The maximum absolute atomic E-state index is 4.61. The summed E-state index contributed by atoms with van der Waals surface area (Å²) in [7, 11) is 0. The summed E-state index contributed by atoms with van der Waals surface area (Å²) in [6.07, 6.45) is 6.36. The minimum absolute atomic E-state index is 0.741. The van der Waals surface area contributed by atoms with Gasteiger partial charge in [-0.2, -0.15) is 0 Å². The van der Waals surface area contributed by atoms with Crippen LogP contribution in [0.25, 0.3) is 16.7 Å². The monoisotopic (exact) mass is 209 g/mol. The summed E-state index contributed by atoms with van der Waals surface area (Å²) in [5, 5.41) is 0. The van der Waals surface area contributed by atoms with Crippen LogP contribution >= 0.6 is 0 Å². The number of fused-ring (bicyclic) bond motifs is 3. The highest BCUT2D eigenvalue weighted by Crippen LogP contribution is 2.17. The molecule has 0 aliphatic rings. The Kier molecular flexibility index (Phi) is 1.96. The number of benzene rings is 1. The van der Waals surface area contributed by atoms with E-state index in [4.69, 9.17) is 0 Å². The molecule has 0 bridgehead atoms. The normalized spacial score (nSPS) is 11.0. The third-order valence-electron chi connectivity index (χ3n) is 2.63. The van der Waals surface area contributed by atoms with Crippen molar-refractivity contribution >= 4 is 16.7 Å². The molecule has 3 aromatic rings. The fourth-order valence-electron chi connectivity index (χ4n) is 1.94. The average Bonchev–Trinajstić information content (AvgIpc) is 2.79. The number of rotatable bonds is 2. The summed E-state index contributed by atoms with van der Waals surface area (Å²) < 4.78 is 2.07. The topological polar surface area (TPSA) is 30.2 Å². The van der Waals surface area contributed by atoms with Crippen molar-refractivity contribution in [2.75, 3.05) is 0 Å². The second-order valence-electron chi connectivity index (χ2n) is 3.66. The van der Waals surface area contributed by atoms with E-state index in [1.165, 1.54) is 0 Å². The van der Waals surface area contributed by atoms with Crippen molar-refractivity contribution in [3.63, 3.8) is 0 Å². The van der Waals surface area contributed by atoms with Gasteiger partial charge in [-0.1, -0.05) is 18.2 Å². The van der Waals surface area contributed by atoms with Crippen molar-refractivity contribution in [2.24, 2.45) is 0 Å². The van der Waals surface area contributed by atoms with Crippen LogP contribution in [-0.4, -0.2) is 14.4 Å². The van der Waals surface area contributed by atoms with Gasteiger partial charge in [0.25, 0.3) is 0 Å². The Labute approximate surface area is 93.1 Å². The SMILES string of the molecule is C=CCc1nc2ccccc2n2ccnc12. The number of para-hydroxylation sites is 2. The van der Waals surface area contributed by atoms with Gasteiger partial charge in [-0.15, -0.1) is 6.58 Å². The van der Waals surface area contributed by atoms with Crippen LogP contribution in [0.2, 0.25) is 0 Å². The second kappa shape index (κ2) is 3.45. The van der Waals surface area contributed by atoms with E-state index in [1.54, 1.807) is 6.20 Å². The van der Waals surface area contributed by atoms with Gasteiger partial charge in [-0.3, -0.25) is 4.40 Å². The predicted octanol–water partition coefficient (Wildman–Crippen LogP) is 2.61. The molecule has 0 spiro atoms. The molecular weight excluding hydrogens is 198 g/mol. The standard InChI is InChI=1S/C13H11N3/c1-2-5-11-13-14-8-9-16(13)12-7-4-3-6-10(12)15-11/h2-4,6-9H,1,5H2. The molecule has 0 aliphatic carbocycles. The molecule has 0 atom stereocenters. The first-order valence-electron chi connectivity index (χ1n) is 5.22. The molecule has 2 aromatic heterocycles. The Hall–Kier alpha value is -2.16. The Balaban J connectivity index is 2.47. The molecule has 3 rings (SSSR count). The van der Waals surface area contributed by atoms with E-state index in [0.29, 0.717) is 0 Å². The highest BCUT2D eigenvalue weighted by molar-refractivity contribution is 5.78. The summed E-state index contributed by atoms with van der Waals surface area (Å²) in [6.45, 7) is 3.75. The highest BCUT2D eigenvalue weighted by atomic mass is 15.0. The quantitative estimate of drug-likeness (QED) is 0.607. The number of allylic oxidation sites excluding steroid dienone is 1. The molecule has 0 N–H and O–H groups in total. The van der Waals surface area contributed by atoms with Gasteiger partial charge in [-0.05, 0) is 12.1 Å². The molecule has 0 radical (unpaired) electrons. The summed E-state index contributed by atoms with van der Waals surface area (Å²) in [6, 6.07) is 8.07. The molecule has 78 valence electrons. The maximum Gasteiger partial charge on any atom is 0.159 e. The molecule has 0 unspecified atom stereocenters. The zero-order valence-electron chi connectivity index (χ0n) is 8.80. The lowest BCUT2D eigenvalue weighted by molar-refractivity contribution is 1.09. The van der Waals surface area contributed by atoms with Crippen LogP contribution in [0.5, 0.6) is 0 Å². The van der Waals surface area contributed by atoms with Gasteiger partial charge in [0.1, 0.15) is 0 Å². The van der Waals surface area contributed by atoms with Gasteiger partial charge in [-0.25, -0.2) is 9.97 Å². The molecule has 0 saturated heterocycles. The van der Waals surface area contributed by atoms with Crippen LogP contribution < -0.4 is 0 Å². The highest BCUT2D eigenvalue weighted by Gasteiger charge is 2.06. The predicted molar refractivity (Wildman–Crippen MR) is 64.4 cm³/mol. The lowest BCUT2D eigenvalue weighted by atomic mass is 10.2. The Bertz CT molecular complexity index is 667. The molecule has 0 aliphatic heterocycles. The van der Waals surface area contributed by atoms with Crippen LogP contribution in [0.15, 0.2) is 49.3 Å². The summed E-state index contributed by atoms with van der Waals surface area (Å²) in [5.41, 5.74) is 3.96. The van der Waals surface area contributed by atoms with E-state index in [9.17, 15) is 0 Å². The van der Waals surface area contributed by atoms with Crippen LogP contribution in [-0.2, 0) is 6.42 Å². The zero-order valence-corrected chi connectivity index (χ0v) is 8.80. The van der Waals surface area contributed by atoms with E-state index in [0.717, 1.165) is 28.8 Å². The van der Waals surface area contributed by atoms with E-state index >= 15 is 0 Å². The number of hydrogen-bond donors (Lipinski definition) is 0. The lowest BCUT2D eigenvalue weighted by Crippen LogP contribution is -1.97. The second-order valence-corrected chi connectivity index (χ2v) is 3.66. The van der Waals surface area contributed by atoms with Crippen LogP contribution in [0, 0.1) is 0 Å². The largest absolute Gasteiger partial charge is 0.297 e. The van der Waals surface area contributed by atoms with E-state index < -0.39 is 0 Å². The number of nitrogens with zero attached hydrogens (tertiary/aromatic N) is 3. The van der Waals surface area contributed by atoms with Gasteiger partial charge >= 0.3 is 0 Å². The van der Waals surface area contributed by atoms with Gasteiger partial charge in [0.15, 0.2) is 5.65 Å². The smallest absolute Gasteiger partial charge is 0.159 e. The van der Waals surface area contributed by atoms with E-state index in [-0.39, 0.29) is 0 Å². The Morgan fingerprint density at radius 1 is 1.31 bits per heavy atom.